The molecule has 0 saturated heterocycles. The monoisotopic (exact) mass is 127 g/mol. The Balaban J connectivity index is 2.64. The van der Waals surface area contributed by atoms with Gasteiger partial charge in [-0.15, -0.1) is 0 Å². The molecule has 1 unspecified atom stereocenters. The molecule has 3 nitrogen and oxygen atoms in total. The summed E-state index contributed by atoms with van der Waals surface area (Å²) in [7, 11) is 0. The van der Waals surface area contributed by atoms with E-state index < -0.39 is 5.66 Å². The summed E-state index contributed by atoms with van der Waals surface area (Å²) < 4.78 is 0. The molecule has 1 rings (SSSR count). The van der Waals surface area contributed by atoms with Crippen molar-refractivity contribution < 1.29 is 0 Å². The zero-order valence-corrected chi connectivity index (χ0v) is 5.38. The van der Waals surface area contributed by atoms with Gasteiger partial charge in [0, 0.05) is 6.04 Å². The van der Waals surface area contributed by atoms with Gasteiger partial charge in [0.05, 0.1) is 5.66 Å². The summed E-state index contributed by atoms with van der Waals surface area (Å²) in [5, 5.41) is 0. The summed E-state index contributed by atoms with van der Waals surface area (Å²) in [5.41, 5.74) is 16.2. The maximum absolute atomic E-state index is 5.62. The Morgan fingerprint density at radius 3 is 2.33 bits per heavy atom. The van der Waals surface area contributed by atoms with Gasteiger partial charge in [0.1, 0.15) is 0 Å². The Bertz CT molecular complexity index is 128. The summed E-state index contributed by atoms with van der Waals surface area (Å²) >= 11 is 0. The fraction of sp³-hybridized carbons (Fsp3) is 0.667. The van der Waals surface area contributed by atoms with E-state index in [4.69, 9.17) is 17.2 Å². The summed E-state index contributed by atoms with van der Waals surface area (Å²) in [4.78, 5) is 0. The van der Waals surface area contributed by atoms with Gasteiger partial charge in [0.2, 0.25) is 0 Å². The van der Waals surface area contributed by atoms with Gasteiger partial charge in [-0.1, -0.05) is 12.2 Å². The molecule has 52 valence electrons. The third-order valence-electron chi connectivity index (χ3n) is 1.72. The quantitative estimate of drug-likeness (QED) is 0.297. The maximum Gasteiger partial charge on any atom is 0.0830 e. The molecule has 0 aliphatic heterocycles. The Morgan fingerprint density at radius 1 is 1.33 bits per heavy atom. The third-order valence-corrected chi connectivity index (χ3v) is 1.72. The molecule has 1 aliphatic carbocycles. The lowest BCUT2D eigenvalue weighted by molar-refractivity contribution is 0.346. The van der Waals surface area contributed by atoms with Crippen LogP contribution in [0, 0.1) is 0 Å². The highest BCUT2D eigenvalue weighted by atomic mass is 15.0. The van der Waals surface area contributed by atoms with E-state index in [0.717, 1.165) is 6.42 Å². The first-order valence-corrected chi connectivity index (χ1v) is 3.11. The molecule has 1 aliphatic rings. The van der Waals surface area contributed by atoms with Crippen molar-refractivity contribution in [1.29, 1.82) is 0 Å². The molecule has 0 amide bonds. The number of hydrogen-bond donors (Lipinski definition) is 3. The van der Waals surface area contributed by atoms with Crippen molar-refractivity contribution in [1.82, 2.24) is 0 Å². The molecule has 0 bridgehead atoms. The van der Waals surface area contributed by atoms with Crippen LogP contribution >= 0.6 is 0 Å². The minimum atomic E-state index is -0.672. The molecular weight excluding hydrogens is 114 g/mol. The van der Waals surface area contributed by atoms with Gasteiger partial charge in [0.25, 0.3) is 0 Å². The van der Waals surface area contributed by atoms with Gasteiger partial charge in [0.15, 0.2) is 0 Å². The zero-order chi connectivity index (χ0) is 6.91. The van der Waals surface area contributed by atoms with Gasteiger partial charge < -0.3 is 17.2 Å². The second kappa shape index (κ2) is 2.10. The lowest BCUT2D eigenvalue weighted by Gasteiger charge is -2.32. The van der Waals surface area contributed by atoms with Crippen molar-refractivity contribution in [2.75, 3.05) is 0 Å². The molecule has 3 heteroatoms. The molecule has 1 atom stereocenters. The van der Waals surface area contributed by atoms with E-state index in [1.54, 1.807) is 0 Å². The first-order chi connectivity index (χ1) is 4.13. The third kappa shape index (κ3) is 1.30. The van der Waals surface area contributed by atoms with Crippen molar-refractivity contribution >= 4 is 0 Å². The van der Waals surface area contributed by atoms with Gasteiger partial charge in [-0.2, -0.15) is 0 Å². The lowest BCUT2D eigenvalue weighted by Crippen LogP contribution is -2.62. The largest absolute Gasteiger partial charge is 0.325 e. The highest BCUT2D eigenvalue weighted by Crippen LogP contribution is 2.13. The second-order valence-corrected chi connectivity index (χ2v) is 2.63. The number of nitrogens with two attached hydrogens (primary N) is 3. The molecule has 0 aromatic heterocycles. The minimum absolute atomic E-state index is 0.0810. The molecular formula is C6H13N3. The van der Waals surface area contributed by atoms with Crippen molar-refractivity contribution in [3.05, 3.63) is 12.2 Å². The molecule has 0 fully saturated rings. The van der Waals surface area contributed by atoms with Crippen LogP contribution in [0.15, 0.2) is 12.2 Å². The summed E-state index contributed by atoms with van der Waals surface area (Å²) in [6, 6.07) is -0.0810. The molecule has 0 spiro atoms. The molecule has 0 radical (unpaired) electrons. The molecule has 6 N–H and O–H groups in total. The van der Waals surface area contributed by atoms with Crippen molar-refractivity contribution in [2.24, 2.45) is 17.2 Å². The second-order valence-electron chi connectivity index (χ2n) is 2.63. The van der Waals surface area contributed by atoms with Gasteiger partial charge in [-0.05, 0) is 12.8 Å². The van der Waals surface area contributed by atoms with Crippen LogP contribution in [-0.2, 0) is 0 Å². The van der Waals surface area contributed by atoms with Gasteiger partial charge >= 0.3 is 0 Å². The predicted molar refractivity (Wildman–Crippen MR) is 37.5 cm³/mol. The van der Waals surface area contributed by atoms with E-state index in [0.29, 0.717) is 6.42 Å². The number of hydrogen-bond acceptors (Lipinski definition) is 3. The first kappa shape index (κ1) is 6.74. The lowest BCUT2D eigenvalue weighted by atomic mass is 9.91. The van der Waals surface area contributed by atoms with E-state index in [1.165, 1.54) is 0 Å². The van der Waals surface area contributed by atoms with E-state index >= 15 is 0 Å². The Morgan fingerprint density at radius 2 is 2.00 bits per heavy atom. The van der Waals surface area contributed by atoms with Crippen LogP contribution in [0.5, 0.6) is 0 Å². The summed E-state index contributed by atoms with van der Waals surface area (Å²) in [5.74, 6) is 0. The minimum Gasteiger partial charge on any atom is -0.325 e. The smallest absolute Gasteiger partial charge is 0.0830 e. The number of rotatable bonds is 0. The van der Waals surface area contributed by atoms with E-state index in [2.05, 4.69) is 0 Å². The molecule has 0 saturated carbocycles. The molecule has 0 aromatic carbocycles. The van der Waals surface area contributed by atoms with Crippen LogP contribution < -0.4 is 17.2 Å². The Kier molecular flexibility index (Phi) is 1.57. The van der Waals surface area contributed by atoms with Crippen LogP contribution in [0.4, 0.5) is 0 Å². The fourth-order valence-corrected chi connectivity index (χ4v) is 0.901. The standard InChI is InChI=1S/C6H13N3/c7-5-3-1-2-4-6(5,8)9/h1-2,5H,3-4,7-9H2. The van der Waals surface area contributed by atoms with Crippen LogP contribution in [0.2, 0.25) is 0 Å². The Hall–Kier alpha value is -0.380. The highest BCUT2D eigenvalue weighted by molar-refractivity contribution is 5.05. The summed E-state index contributed by atoms with van der Waals surface area (Å²) in [6.07, 6.45) is 5.48. The average Bonchev–Trinajstić information content (AvgIpc) is 1.77. The maximum atomic E-state index is 5.62. The van der Waals surface area contributed by atoms with Crippen LogP contribution in [0.1, 0.15) is 12.8 Å². The normalized spacial score (nSPS) is 32.6. The topological polar surface area (TPSA) is 78.1 Å². The molecule has 9 heavy (non-hydrogen) atoms. The van der Waals surface area contributed by atoms with Crippen LogP contribution in [0.25, 0.3) is 0 Å². The van der Waals surface area contributed by atoms with E-state index in [9.17, 15) is 0 Å². The van der Waals surface area contributed by atoms with Crippen molar-refractivity contribution in [3.8, 4) is 0 Å². The zero-order valence-electron chi connectivity index (χ0n) is 5.38. The van der Waals surface area contributed by atoms with Crippen molar-refractivity contribution in [2.45, 2.75) is 24.5 Å². The van der Waals surface area contributed by atoms with Crippen molar-refractivity contribution in [3.63, 3.8) is 0 Å². The van der Waals surface area contributed by atoms with E-state index in [-0.39, 0.29) is 6.04 Å². The Labute approximate surface area is 54.9 Å². The predicted octanol–water partition coefficient (Wildman–Crippen LogP) is -0.723. The summed E-state index contributed by atoms with van der Waals surface area (Å²) in [6.45, 7) is 0. The van der Waals surface area contributed by atoms with E-state index in [1.807, 2.05) is 12.2 Å². The average molecular weight is 127 g/mol. The van der Waals surface area contributed by atoms with Crippen LogP contribution in [0.3, 0.4) is 0 Å². The van der Waals surface area contributed by atoms with Gasteiger partial charge in [-0.25, -0.2) is 0 Å². The first-order valence-electron chi connectivity index (χ1n) is 3.11. The fourth-order valence-electron chi connectivity index (χ4n) is 0.901. The molecule has 0 heterocycles. The van der Waals surface area contributed by atoms with Crippen LogP contribution in [-0.4, -0.2) is 11.7 Å². The highest BCUT2D eigenvalue weighted by Gasteiger charge is 2.27. The molecule has 0 aromatic rings. The van der Waals surface area contributed by atoms with Gasteiger partial charge in [-0.3, -0.25) is 0 Å². The SMILES string of the molecule is NC1CC=CCC1(N)N.